The highest BCUT2D eigenvalue weighted by Crippen LogP contribution is 2.19. The van der Waals surface area contributed by atoms with E-state index in [2.05, 4.69) is 15.6 Å². The van der Waals surface area contributed by atoms with Crippen LogP contribution in [0.5, 0.6) is 5.75 Å². The number of ether oxygens (including phenoxy) is 1. The van der Waals surface area contributed by atoms with E-state index in [4.69, 9.17) is 4.74 Å². The summed E-state index contributed by atoms with van der Waals surface area (Å²) in [5.41, 5.74) is 1.04. The molecule has 6 nitrogen and oxygen atoms in total. The van der Waals surface area contributed by atoms with Crippen LogP contribution in [0.1, 0.15) is 17.3 Å². The van der Waals surface area contributed by atoms with Crippen LogP contribution < -0.4 is 15.4 Å². The zero-order valence-corrected chi connectivity index (χ0v) is 12.5. The lowest BCUT2D eigenvalue weighted by molar-refractivity contribution is 0.102. The Morgan fingerprint density at radius 2 is 2.09 bits per heavy atom. The molecule has 1 atom stereocenters. The molecular weight excluding hydrogens is 282 g/mol. The third-order valence-electron chi connectivity index (χ3n) is 2.95. The Kier molecular flexibility index (Phi) is 5.32. The van der Waals surface area contributed by atoms with Gasteiger partial charge in [-0.05, 0) is 31.2 Å². The molecule has 0 aliphatic heterocycles. The summed E-state index contributed by atoms with van der Waals surface area (Å²) in [5.74, 6) is 0.892. The maximum absolute atomic E-state index is 12.2. The molecule has 2 rings (SSSR count). The molecule has 0 radical (unpaired) electrons. The van der Waals surface area contributed by atoms with Crippen LogP contribution >= 0.6 is 0 Å². The van der Waals surface area contributed by atoms with E-state index in [9.17, 15) is 9.90 Å². The van der Waals surface area contributed by atoms with Gasteiger partial charge in [-0.25, -0.2) is 4.98 Å². The van der Waals surface area contributed by atoms with Crippen molar-refractivity contribution in [1.29, 1.82) is 0 Å². The molecule has 0 spiro atoms. The average molecular weight is 301 g/mol. The quantitative estimate of drug-likeness (QED) is 0.761. The molecule has 1 aromatic heterocycles. The highest BCUT2D eigenvalue weighted by atomic mass is 16.5. The zero-order valence-electron chi connectivity index (χ0n) is 12.5. The Balaban J connectivity index is 2.02. The maximum Gasteiger partial charge on any atom is 0.259 e. The third kappa shape index (κ3) is 4.20. The molecule has 3 N–H and O–H groups in total. The Hall–Kier alpha value is -2.60. The predicted molar refractivity (Wildman–Crippen MR) is 85.4 cm³/mol. The van der Waals surface area contributed by atoms with Crippen molar-refractivity contribution in [2.45, 2.75) is 13.0 Å². The van der Waals surface area contributed by atoms with Crippen molar-refractivity contribution in [2.24, 2.45) is 0 Å². The molecule has 1 amide bonds. The number of hydrogen-bond donors (Lipinski definition) is 3. The predicted octanol–water partition coefficient (Wildman–Crippen LogP) is 2.14. The van der Waals surface area contributed by atoms with Crippen LogP contribution in [0, 0.1) is 0 Å². The molecular formula is C16H19N3O3. The SMILES string of the molecule is COc1ccccc1C(=O)Nc1ccc(NCC(C)O)nc1. The smallest absolute Gasteiger partial charge is 0.259 e. The number of benzene rings is 1. The number of pyridine rings is 1. The van der Waals surface area contributed by atoms with Gasteiger partial charge in [0.05, 0.1) is 30.7 Å². The molecule has 0 aliphatic rings. The number of hydrogen-bond acceptors (Lipinski definition) is 5. The van der Waals surface area contributed by atoms with Crippen LogP contribution in [0.25, 0.3) is 0 Å². The second-order valence-electron chi connectivity index (χ2n) is 4.82. The van der Waals surface area contributed by atoms with Gasteiger partial charge in [-0.2, -0.15) is 0 Å². The first-order valence-electron chi connectivity index (χ1n) is 6.92. The standard InChI is InChI=1S/C16H19N3O3/c1-11(20)9-17-15-8-7-12(10-18-15)19-16(21)13-5-3-4-6-14(13)22-2/h3-8,10-11,20H,9H2,1-2H3,(H,17,18)(H,19,21). The lowest BCUT2D eigenvalue weighted by Gasteiger charge is -2.10. The Morgan fingerprint density at radius 1 is 1.32 bits per heavy atom. The van der Waals surface area contributed by atoms with Gasteiger partial charge < -0.3 is 20.5 Å². The summed E-state index contributed by atoms with van der Waals surface area (Å²) in [6.45, 7) is 2.11. The van der Waals surface area contributed by atoms with Crippen LogP contribution in [-0.4, -0.2) is 35.8 Å². The number of para-hydroxylation sites is 1. The van der Waals surface area contributed by atoms with Crippen molar-refractivity contribution in [3.8, 4) is 5.75 Å². The van der Waals surface area contributed by atoms with Gasteiger partial charge in [-0.15, -0.1) is 0 Å². The molecule has 116 valence electrons. The number of methoxy groups -OCH3 is 1. The first-order chi connectivity index (χ1) is 10.6. The van der Waals surface area contributed by atoms with Gasteiger partial charge in [0.2, 0.25) is 0 Å². The van der Waals surface area contributed by atoms with E-state index in [0.29, 0.717) is 29.4 Å². The molecule has 1 aromatic carbocycles. The Labute approximate surface area is 129 Å². The fourth-order valence-corrected chi connectivity index (χ4v) is 1.86. The summed E-state index contributed by atoms with van der Waals surface area (Å²) in [6.07, 6.45) is 1.10. The number of anilines is 2. The van der Waals surface area contributed by atoms with Crippen molar-refractivity contribution >= 4 is 17.4 Å². The van der Waals surface area contributed by atoms with E-state index in [1.165, 1.54) is 7.11 Å². The first kappa shape index (κ1) is 15.8. The largest absolute Gasteiger partial charge is 0.496 e. The van der Waals surface area contributed by atoms with E-state index in [1.54, 1.807) is 49.5 Å². The molecule has 0 bridgehead atoms. The molecule has 2 aromatic rings. The lowest BCUT2D eigenvalue weighted by atomic mass is 10.2. The summed E-state index contributed by atoms with van der Waals surface area (Å²) in [4.78, 5) is 16.4. The number of amides is 1. The minimum absolute atomic E-state index is 0.260. The monoisotopic (exact) mass is 301 g/mol. The summed E-state index contributed by atoms with van der Waals surface area (Å²) >= 11 is 0. The second kappa shape index (κ2) is 7.42. The number of aliphatic hydroxyl groups excluding tert-OH is 1. The zero-order chi connectivity index (χ0) is 15.9. The second-order valence-corrected chi connectivity index (χ2v) is 4.82. The maximum atomic E-state index is 12.2. The topological polar surface area (TPSA) is 83.5 Å². The fourth-order valence-electron chi connectivity index (χ4n) is 1.86. The van der Waals surface area contributed by atoms with Crippen molar-refractivity contribution in [1.82, 2.24) is 4.98 Å². The van der Waals surface area contributed by atoms with Gasteiger partial charge in [0.25, 0.3) is 5.91 Å². The average Bonchev–Trinajstić information content (AvgIpc) is 2.54. The van der Waals surface area contributed by atoms with Gasteiger partial charge in [0.1, 0.15) is 11.6 Å². The third-order valence-corrected chi connectivity index (χ3v) is 2.95. The highest BCUT2D eigenvalue weighted by Gasteiger charge is 2.11. The summed E-state index contributed by atoms with van der Waals surface area (Å²) < 4.78 is 5.17. The van der Waals surface area contributed by atoms with Crippen LogP contribution in [-0.2, 0) is 0 Å². The number of nitrogens with zero attached hydrogens (tertiary/aromatic N) is 1. The van der Waals surface area contributed by atoms with Gasteiger partial charge >= 0.3 is 0 Å². The van der Waals surface area contributed by atoms with Gasteiger partial charge in [-0.3, -0.25) is 4.79 Å². The Morgan fingerprint density at radius 3 is 2.73 bits per heavy atom. The molecule has 0 saturated carbocycles. The number of carbonyl (C=O) groups is 1. The van der Waals surface area contributed by atoms with Crippen LogP contribution in [0.3, 0.4) is 0 Å². The summed E-state index contributed by atoms with van der Waals surface area (Å²) in [7, 11) is 1.52. The molecule has 0 fully saturated rings. The minimum atomic E-state index is -0.452. The molecule has 6 heteroatoms. The first-order valence-corrected chi connectivity index (χ1v) is 6.92. The van der Waals surface area contributed by atoms with Crippen LogP contribution in [0.2, 0.25) is 0 Å². The number of nitrogens with one attached hydrogen (secondary N) is 2. The molecule has 22 heavy (non-hydrogen) atoms. The normalized spacial score (nSPS) is 11.6. The van der Waals surface area contributed by atoms with Crippen LogP contribution in [0.15, 0.2) is 42.6 Å². The van der Waals surface area contributed by atoms with Crippen molar-refractivity contribution in [2.75, 3.05) is 24.3 Å². The Bertz CT molecular complexity index is 627. The lowest BCUT2D eigenvalue weighted by Crippen LogP contribution is -2.16. The van der Waals surface area contributed by atoms with E-state index >= 15 is 0 Å². The molecule has 1 unspecified atom stereocenters. The van der Waals surface area contributed by atoms with Crippen LogP contribution in [0.4, 0.5) is 11.5 Å². The fraction of sp³-hybridized carbons (Fsp3) is 0.250. The van der Waals surface area contributed by atoms with E-state index < -0.39 is 6.10 Å². The van der Waals surface area contributed by atoms with E-state index in [-0.39, 0.29) is 5.91 Å². The van der Waals surface area contributed by atoms with Crippen molar-refractivity contribution in [3.63, 3.8) is 0 Å². The summed E-state index contributed by atoms with van der Waals surface area (Å²) in [5, 5.41) is 15.0. The number of aliphatic hydroxyl groups is 1. The molecule has 1 heterocycles. The number of rotatable bonds is 6. The molecule has 0 saturated heterocycles. The van der Waals surface area contributed by atoms with E-state index in [0.717, 1.165) is 0 Å². The summed E-state index contributed by atoms with van der Waals surface area (Å²) in [6, 6.07) is 10.5. The van der Waals surface area contributed by atoms with Crippen molar-refractivity contribution < 1.29 is 14.6 Å². The van der Waals surface area contributed by atoms with Gasteiger partial charge in [0.15, 0.2) is 0 Å². The van der Waals surface area contributed by atoms with Gasteiger partial charge in [0, 0.05) is 6.54 Å². The van der Waals surface area contributed by atoms with Gasteiger partial charge in [-0.1, -0.05) is 12.1 Å². The number of carbonyl (C=O) groups excluding carboxylic acids is 1. The molecule has 0 aliphatic carbocycles. The van der Waals surface area contributed by atoms with E-state index in [1.807, 2.05) is 0 Å². The number of aromatic nitrogens is 1. The highest BCUT2D eigenvalue weighted by molar-refractivity contribution is 6.06. The van der Waals surface area contributed by atoms with Crippen molar-refractivity contribution in [3.05, 3.63) is 48.2 Å². The minimum Gasteiger partial charge on any atom is -0.496 e.